The molecular weight excluding hydrogens is 522 g/mol. The van der Waals surface area contributed by atoms with E-state index in [1.165, 1.54) is 11.3 Å². The zero-order valence-corrected chi connectivity index (χ0v) is 23.2. The summed E-state index contributed by atoms with van der Waals surface area (Å²) < 4.78 is 4.14. The number of nitrogens with one attached hydrogen (secondary N) is 2. The lowest BCUT2D eigenvalue weighted by atomic mass is 9.98. The van der Waals surface area contributed by atoms with Gasteiger partial charge in [0.05, 0.1) is 24.0 Å². The van der Waals surface area contributed by atoms with Crippen LogP contribution in [0.15, 0.2) is 35.3 Å². The highest BCUT2D eigenvalue weighted by molar-refractivity contribution is 6.06. The van der Waals surface area contributed by atoms with E-state index in [9.17, 15) is 14.7 Å². The van der Waals surface area contributed by atoms with Crippen molar-refractivity contribution >= 4 is 23.2 Å². The molecule has 0 saturated carbocycles. The minimum absolute atomic E-state index is 0.120. The zero-order valence-electron chi connectivity index (χ0n) is 23.2. The first-order chi connectivity index (χ1) is 19.9. The molecule has 1 aliphatic carbocycles. The molecule has 0 radical (unpaired) electrons. The first-order valence-electron chi connectivity index (χ1n) is 14.2. The smallest absolute Gasteiger partial charge is 0.287 e. The van der Waals surface area contributed by atoms with Crippen LogP contribution in [0.4, 0.5) is 17.3 Å². The Kier molecular flexibility index (Phi) is 6.24. The van der Waals surface area contributed by atoms with Gasteiger partial charge in [-0.05, 0) is 63.4 Å². The minimum Gasteiger partial charge on any atom is -0.392 e. The summed E-state index contributed by atoms with van der Waals surface area (Å²) >= 11 is 0. The van der Waals surface area contributed by atoms with Crippen LogP contribution in [0.25, 0.3) is 11.3 Å². The van der Waals surface area contributed by atoms with Gasteiger partial charge in [0.25, 0.3) is 11.5 Å². The topological polar surface area (TPSA) is 137 Å². The van der Waals surface area contributed by atoms with E-state index in [4.69, 9.17) is 0 Å². The molecule has 4 aromatic heterocycles. The van der Waals surface area contributed by atoms with E-state index in [2.05, 4.69) is 49.0 Å². The van der Waals surface area contributed by atoms with Gasteiger partial charge in [-0.3, -0.25) is 24.1 Å². The molecule has 0 saturated heterocycles. The number of amides is 1. The number of aryl methyl sites for hydroxylation is 1. The lowest BCUT2D eigenvalue weighted by molar-refractivity contribution is 0.0963. The second kappa shape index (κ2) is 9.96. The van der Waals surface area contributed by atoms with Crippen molar-refractivity contribution in [3.8, 4) is 11.3 Å². The van der Waals surface area contributed by atoms with E-state index in [0.717, 1.165) is 44.5 Å². The van der Waals surface area contributed by atoms with Gasteiger partial charge in [-0.25, -0.2) is 10.1 Å². The number of aromatic amines is 1. The van der Waals surface area contributed by atoms with E-state index >= 15 is 0 Å². The summed E-state index contributed by atoms with van der Waals surface area (Å²) in [5.41, 5.74) is 5.70. The van der Waals surface area contributed by atoms with Gasteiger partial charge < -0.3 is 15.0 Å². The van der Waals surface area contributed by atoms with E-state index in [1.54, 1.807) is 23.2 Å². The van der Waals surface area contributed by atoms with Gasteiger partial charge in [0, 0.05) is 55.3 Å². The number of hydrogen-bond donors (Lipinski definition) is 3. The third kappa shape index (κ3) is 4.34. The fourth-order valence-corrected chi connectivity index (χ4v) is 6.59. The van der Waals surface area contributed by atoms with Crippen molar-refractivity contribution in [3.05, 3.63) is 69.0 Å². The SMILES string of the molecule is CC1CN(C)Cc2cc(Nc3cc(-c4ccnc(N5CCn6c(cc7c6CCCC7)C5=O)c4CO)n[nH]c3=O)nn21. The van der Waals surface area contributed by atoms with Crippen LogP contribution in [0.5, 0.6) is 0 Å². The first-order valence-corrected chi connectivity index (χ1v) is 14.2. The summed E-state index contributed by atoms with van der Waals surface area (Å²) in [4.78, 5) is 34.8. The summed E-state index contributed by atoms with van der Waals surface area (Å²) in [6, 6.07) is 7.58. The standard InChI is InChI=1S/C29H33N9O3/c1-17-14-35(2)15-19-12-26(34-38(17)19)31-23-13-22(32-33-28(23)40)20-7-8-30-27(21(20)16-39)37-10-9-36-24-6-4-3-5-18(24)11-25(36)29(37)41/h7-8,11-13,17,39H,3-6,9-10,14-16H2,1-2H3,(H,33,40)(H,31,32,34). The number of pyridine rings is 1. The van der Waals surface area contributed by atoms with Gasteiger partial charge in [0.15, 0.2) is 5.82 Å². The molecule has 3 aliphatic rings. The van der Waals surface area contributed by atoms with Crippen LogP contribution in [-0.4, -0.2) is 65.6 Å². The fraction of sp³-hybridized carbons (Fsp3) is 0.414. The highest BCUT2D eigenvalue weighted by Crippen LogP contribution is 2.34. The normalized spacial score (nSPS) is 18.7. The Hall–Kier alpha value is -4.29. The maximum Gasteiger partial charge on any atom is 0.287 e. The molecule has 4 aromatic rings. The van der Waals surface area contributed by atoms with Crippen LogP contribution < -0.4 is 15.8 Å². The molecule has 6 heterocycles. The van der Waals surface area contributed by atoms with Gasteiger partial charge in [-0.2, -0.15) is 10.2 Å². The molecule has 1 amide bonds. The van der Waals surface area contributed by atoms with Crippen molar-refractivity contribution in [3.63, 3.8) is 0 Å². The third-order valence-electron chi connectivity index (χ3n) is 8.45. The Balaban J connectivity index is 1.21. The van der Waals surface area contributed by atoms with Gasteiger partial charge in [0.1, 0.15) is 17.2 Å². The van der Waals surface area contributed by atoms with Crippen molar-refractivity contribution in [2.24, 2.45) is 0 Å². The minimum atomic E-state index is -0.388. The summed E-state index contributed by atoms with van der Waals surface area (Å²) in [6.07, 6.45) is 5.91. The molecule has 2 aliphatic heterocycles. The van der Waals surface area contributed by atoms with Crippen LogP contribution in [0, 0.1) is 0 Å². The molecular formula is C29H33N9O3. The number of aliphatic hydroxyl groups excluding tert-OH is 1. The Labute approximate surface area is 236 Å². The Morgan fingerprint density at radius 2 is 2.00 bits per heavy atom. The highest BCUT2D eigenvalue weighted by Gasteiger charge is 2.32. The second-order valence-corrected chi connectivity index (χ2v) is 11.3. The van der Waals surface area contributed by atoms with Gasteiger partial charge >= 0.3 is 0 Å². The van der Waals surface area contributed by atoms with Crippen molar-refractivity contribution < 1.29 is 9.90 Å². The predicted octanol–water partition coefficient (Wildman–Crippen LogP) is 2.61. The Bertz CT molecular complexity index is 1720. The number of carbonyl (C=O) groups is 1. The summed E-state index contributed by atoms with van der Waals surface area (Å²) in [6.45, 7) is 4.59. The molecule has 212 valence electrons. The largest absolute Gasteiger partial charge is 0.392 e. The van der Waals surface area contributed by atoms with Crippen LogP contribution in [0.3, 0.4) is 0 Å². The van der Waals surface area contributed by atoms with Gasteiger partial charge in [-0.1, -0.05) is 0 Å². The average molecular weight is 556 g/mol. The number of aliphatic hydroxyl groups is 1. The number of H-pyrrole nitrogens is 1. The first kappa shape index (κ1) is 25.7. The molecule has 0 aromatic carbocycles. The molecule has 41 heavy (non-hydrogen) atoms. The van der Waals surface area contributed by atoms with Crippen molar-refractivity contribution in [1.82, 2.24) is 34.4 Å². The fourth-order valence-electron chi connectivity index (χ4n) is 6.59. The number of rotatable bonds is 5. The number of fused-ring (bicyclic) bond motifs is 4. The number of hydrogen-bond acceptors (Lipinski definition) is 8. The molecule has 0 spiro atoms. The highest BCUT2D eigenvalue weighted by atomic mass is 16.3. The van der Waals surface area contributed by atoms with Crippen LogP contribution >= 0.6 is 0 Å². The zero-order chi connectivity index (χ0) is 28.2. The van der Waals surface area contributed by atoms with E-state index in [1.807, 2.05) is 16.8 Å². The maximum atomic E-state index is 13.7. The quantitative estimate of drug-likeness (QED) is 0.342. The van der Waals surface area contributed by atoms with E-state index in [-0.39, 0.29) is 29.8 Å². The molecule has 0 fully saturated rings. The van der Waals surface area contributed by atoms with Gasteiger partial charge in [-0.15, -0.1) is 0 Å². The van der Waals surface area contributed by atoms with Crippen molar-refractivity contribution in [1.29, 1.82) is 0 Å². The molecule has 12 heteroatoms. The predicted molar refractivity (Wildman–Crippen MR) is 153 cm³/mol. The van der Waals surface area contributed by atoms with Crippen LogP contribution in [0.2, 0.25) is 0 Å². The number of carbonyl (C=O) groups excluding carboxylic acids is 1. The Morgan fingerprint density at radius 3 is 2.85 bits per heavy atom. The molecule has 12 nitrogen and oxygen atoms in total. The molecule has 7 rings (SSSR count). The maximum absolute atomic E-state index is 13.7. The molecule has 3 N–H and O–H groups in total. The van der Waals surface area contributed by atoms with E-state index in [0.29, 0.717) is 47.2 Å². The number of anilines is 3. The van der Waals surface area contributed by atoms with Gasteiger partial charge in [0.2, 0.25) is 0 Å². The monoisotopic (exact) mass is 555 g/mol. The number of aromatic nitrogens is 6. The lowest BCUT2D eigenvalue weighted by Gasteiger charge is -2.30. The number of likely N-dealkylation sites (N-methyl/N-ethyl adjacent to an activating group) is 1. The summed E-state index contributed by atoms with van der Waals surface area (Å²) in [7, 11) is 2.07. The Morgan fingerprint density at radius 1 is 1.15 bits per heavy atom. The summed E-state index contributed by atoms with van der Waals surface area (Å²) in [5.74, 6) is 0.862. The van der Waals surface area contributed by atoms with Crippen molar-refractivity contribution in [2.45, 2.75) is 58.3 Å². The van der Waals surface area contributed by atoms with E-state index < -0.39 is 0 Å². The third-order valence-corrected chi connectivity index (χ3v) is 8.45. The number of nitrogens with zero attached hydrogens (tertiary/aromatic N) is 7. The van der Waals surface area contributed by atoms with Crippen LogP contribution in [0.1, 0.15) is 58.8 Å². The van der Waals surface area contributed by atoms with Crippen LogP contribution in [-0.2, 0) is 32.5 Å². The molecule has 1 atom stereocenters. The molecule has 1 unspecified atom stereocenters. The lowest BCUT2D eigenvalue weighted by Crippen LogP contribution is -2.41. The average Bonchev–Trinajstić information content (AvgIpc) is 3.56. The summed E-state index contributed by atoms with van der Waals surface area (Å²) in [5, 5.41) is 25.2. The molecule has 0 bridgehead atoms. The second-order valence-electron chi connectivity index (χ2n) is 11.3. The van der Waals surface area contributed by atoms with Crippen molar-refractivity contribution in [2.75, 3.05) is 30.4 Å².